The van der Waals surface area contributed by atoms with Crippen molar-refractivity contribution in [1.82, 2.24) is 9.71 Å². The molecule has 6 heteroatoms. The summed E-state index contributed by atoms with van der Waals surface area (Å²) in [4.78, 5) is 4.17. The second-order valence-electron chi connectivity index (χ2n) is 3.23. The molecule has 0 amide bonds. The third-order valence-electron chi connectivity index (χ3n) is 2.02. The highest BCUT2D eigenvalue weighted by atomic mass is 32.2. The Morgan fingerprint density at radius 1 is 1.56 bits per heavy atom. The highest BCUT2D eigenvalue weighted by Gasteiger charge is 2.14. The largest absolute Gasteiger partial charge is 0.373 e. The van der Waals surface area contributed by atoms with E-state index in [4.69, 9.17) is 0 Å². The lowest BCUT2D eigenvalue weighted by atomic mass is 10.3. The van der Waals surface area contributed by atoms with Gasteiger partial charge in [-0.25, -0.2) is 18.1 Å². The van der Waals surface area contributed by atoms with Gasteiger partial charge in [-0.3, -0.25) is 0 Å². The van der Waals surface area contributed by atoms with Crippen molar-refractivity contribution >= 4 is 15.8 Å². The number of nitrogens with zero attached hydrogens (tertiary/aromatic N) is 1. The van der Waals surface area contributed by atoms with Crippen LogP contribution < -0.4 is 10.0 Å². The summed E-state index contributed by atoms with van der Waals surface area (Å²) in [6.45, 7) is 5.45. The van der Waals surface area contributed by atoms with Gasteiger partial charge in [-0.1, -0.05) is 6.08 Å². The zero-order valence-electron chi connectivity index (χ0n) is 9.32. The molecule has 0 radical (unpaired) electrons. The normalized spacial score (nSPS) is 11.1. The van der Waals surface area contributed by atoms with Crippen LogP contribution in [0.4, 0.5) is 5.82 Å². The van der Waals surface area contributed by atoms with Crippen molar-refractivity contribution in [2.75, 3.05) is 18.9 Å². The van der Waals surface area contributed by atoms with Gasteiger partial charge in [0.05, 0.1) is 0 Å². The zero-order chi connectivity index (χ0) is 12.2. The number of aryl methyl sites for hydroxylation is 1. The Morgan fingerprint density at radius 2 is 2.25 bits per heavy atom. The minimum Gasteiger partial charge on any atom is -0.373 e. The fraction of sp³-hybridized carbons (Fsp3) is 0.300. The van der Waals surface area contributed by atoms with Crippen LogP contribution in [0.5, 0.6) is 0 Å². The molecule has 0 bridgehead atoms. The van der Waals surface area contributed by atoms with Gasteiger partial charge in [0, 0.05) is 19.8 Å². The van der Waals surface area contributed by atoms with Gasteiger partial charge in [-0.2, -0.15) is 0 Å². The molecule has 0 unspecified atom stereocenters. The van der Waals surface area contributed by atoms with Crippen molar-refractivity contribution in [3.63, 3.8) is 0 Å². The summed E-state index contributed by atoms with van der Waals surface area (Å²) < 4.78 is 25.8. The molecule has 0 spiro atoms. The van der Waals surface area contributed by atoms with E-state index in [2.05, 4.69) is 21.6 Å². The van der Waals surface area contributed by atoms with Gasteiger partial charge in [-0.15, -0.1) is 6.58 Å². The van der Waals surface area contributed by atoms with Crippen LogP contribution in [0.25, 0.3) is 0 Å². The van der Waals surface area contributed by atoms with Crippen LogP contribution in [0.15, 0.2) is 29.8 Å². The number of hydrogen-bond acceptors (Lipinski definition) is 4. The predicted molar refractivity (Wildman–Crippen MR) is 63.9 cm³/mol. The molecule has 1 rings (SSSR count). The topological polar surface area (TPSA) is 71.1 Å². The summed E-state index contributed by atoms with van der Waals surface area (Å²) in [5, 5.41) is 2.87. The molecular weight excluding hydrogens is 226 g/mol. The molecule has 0 saturated heterocycles. The molecule has 0 aromatic carbocycles. The minimum absolute atomic E-state index is 0.158. The summed E-state index contributed by atoms with van der Waals surface area (Å²) in [7, 11) is -1.75. The molecule has 0 saturated carbocycles. The Labute approximate surface area is 95.6 Å². The number of aromatic nitrogens is 1. The highest BCUT2D eigenvalue weighted by molar-refractivity contribution is 7.89. The van der Waals surface area contributed by atoms with Crippen molar-refractivity contribution in [3.05, 3.63) is 30.5 Å². The lowest BCUT2D eigenvalue weighted by Crippen LogP contribution is -2.24. The standard InChI is InChI=1S/C10H15N3O2S/c1-4-5-13-16(14,15)9-6-8(2)10(11-3)12-7-9/h4,6-7,13H,1,5H2,2-3H3,(H,11,12). The number of pyridine rings is 1. The molecule has 1 aromatic heterocycles. The van der Waals surface area contributed by atoms with Crippen LogP contribution in [-0.2, 0) is 10.0 Å². The lowest BCUT2D eigenvalue weighted by molar-refractivity contribution is 0.585. The third kappa shape index (κ3) is 2.80. The van der Waals surface area contributed by atoms with Gasteiger partial charge in [0.15, 0.2) is 0 Å². The monoisotopic (exact) mass is 241 g/mol. The van der Waals surface area contributed by atoms with E-state index in [-0.39, 0.29) is 11.4 Å². The first-order chi connectivity index (χ1) is 7.51. The van der Waals surface area contributed by atoms with Gasteiger partial charge in [0.1, 0.15) is 10.7 Å². The van der Waals surface area contributed by atoms with E-state index in [9.17, 15) is 8.42 Å². The summed E-state index contributed by atoms with van der Waals surface area (Å²) in [5.74, 6) is 0.669. The highest BCUT2D eigenvalue weighted by Crippen LogP contribution is 2.15. The number of sulfonamides is 1. The SMILES string of the molecule is C=CCNS(=O)(=O)c1cnc(NC)c(C)c1. The second-order valence-corrected chi connectivity index (χ2v) is 4.99. The predicted octanol–water partition coefficient (Wildman–Crippen LogP) is 0.896. The maximum Gasteiger partial charge on any atom is 0.242 e. The molecule has 5 nitrogen and oxygen atoms in total. The summed E-state index contributed by atoms with van der Waals surface area (Å²) in [6, 6.07) is 1.57. The number of hydrogen-bond donors (Lipinski definition) is 2. The van der Waals surface area contributed by atoms with E-state index in [1.165, 1.54) is 12.3 Å². The first-order valence-electron chi connectivity index (χ1n) is 4.76. The van der Waals surface area contributed by atoms with Crippen LogP contribution in [0.3, 0.4) is 0 Å². The van der Waals surface area contributed by atoms with Gasteiger partial charge in [0.2, 0.25) is 10.0 Å². The minimum atomic E-state index is -3.48. The maximum atomic E-state index is 11.7. The fourth-order valence-electron chi connectivity index (χ4n) is 1.21. The molecule has 1 aromatic rings. The molecular formula is C10H15N3O2S. The van der Waals surface area contributed by atoms with E-state index < -0.39 is 10.0 Å². The third-order valence-corrected chi connectivity index (χ3v) is 3.41. The molecule has 1 heterocycles. The van der Waals surface area contributed by atoms with Crippen LogP contribution in [-0.4, -0.2) is 27.0 Å². The lowest BCUT2D eigenvalue weighted by Gasteiger charge is -2.08. The molecule has 0 aliphatic rings. The van der Waals surface area contributed by atoms with Gasteiger partial charge in [-0.05, 0) is 18.6 Å². The zero-order valence-corrected chi connectivity index (χ0v) is 10.1. The molecule has 2 N–H and O–H groups in total. The van der Waals surface area contributed by atoms with Crippen LogP contribution in [0, 0.1) is 6.92 Å². The van der Waals surface area contributed by atoms with Crippen LogP contribution in [0.2, 0.25) is 0 Å². The summed E-state index contributed by atoms with van der Waals surface area (Å²) in [5.41, 5.74) is 0.781. The van der Waals surface area contributed by atoms with Crippen LogP contribution in [0.1, 0.15) is 5.56 Å². The Kier molecular flexibility index (Phi) is 4.03. The number of anilines is 1. The maximum absolute atomic E-state index is 11.7. The smallest absolute Gasteiger partial charge is 0.242 e. The molecule has 16 heavy (non-hydrogen) atoms. The van der Waals surface area contributed by atoms with E-state index >= 15 is 0 Å². The van der Waals surface area contributed by atoms with Crippen molar-refractivity contribution < 1.29 is 8.42 Å². The Hall–Kier alpha value is -1.40. The first kappa shape index (κ1) is 12.7. The molecule has 0 atom stereocenters. The van der Waals surface area contributed by atoms with E-state index in [1.54, 1.807) is 20.0 Å². The average molecular weight is 241 g/mol. The van der Waals surface area contributed by atoms with E-state index in [0.717, 1.165) is 5.56 Å². The Balaban J connectivity index is 3.05. The second kappa shape index (κ2) is 5.09. The quantitative estimate of drug-likeness (QED) is 0.751. The summed E-state index contributed by atoms with van der Waals surface area (Å²) in [6.07, 6.45) is 2.81. The van der Waals surface area contributed by atoms with Gasteiger partial charge < -0.3 is 5.32 Å². The van der Waals surface area contributed by atoms with Crippen molar-refractivity contribution in [1.29, 1.82) is 0 Å². The first-order valence-corrected chi connectivity index (χ1v) is 6.24. The van der Waals surface area contributed by atoms with Crippen molar-refractivity contribution in [2.45, 2.75) is 11.8 Å². The Bertz CT molecular complexity index is 483. The molecule has 0 aliphatic carbocycles. The molecule has 0 aliphatic heterocycles. The van der Waals surface area contributed by atoms with Gasteiger partial charge >= 0.3 is 0 Å². The van der Waals surface area contributed by atoms with Gasteiger partial charge in [0.25, 0.3) is 0 Å². The fourth-order valence-corrected chi connectivity index (χ4v) is 2.24. The molecule has 88 valence electrons. The molecule has 0 fully saturated rings. The Morgan fingerprint density at radius 3 is 2.75 bits per heavy atom. The average Bonchev–Trinajstić information content (AvgIpc) is 2.26. The number of rotatable bonds is 5. The van der Waals surface area contributed by atoms with E-state index in [1.807, 2.05) is 0 Å². The summed E-state index contributed by atoms with van der Waals surface area (Å²) >= 11 is 0. The number of nitrogens with one attached hydrogen (secondary N) is 2. The van der Waals surface area contributed by atoms with Crippen molar-refractivity contribution in [3.8, 4) is 0 Å². The van der Waals surface area contributed by atoms with Crippen LogP contribution >= 0.6 is 0 Å². The van der Waals surface area contributed by atoms with Crippen molar-refractivity contribution in [2.24, 2.45) is 0 Å². The van der Waals surface area contributed by atoms with E-state index in [0.29, 0.717) is 5.82 Å².